The molecule has 1 heterocycles. The number of fused-ring (bicyclic) bond motifs is 5. The largest absolute Gasteiger partial charge is 0.455 e. The van der Waals surface area contributed by atoms with Crippen LogP contribution in [0.3, 0.4) is 0 Å². The molecule has 0 aliphatic heterocycles. The van der Waals surface area contributed by atoms with Crippen molar-refractivity contribution in [3.05, 3.63) is 170 Å². The van der Waals surface area contributed by atoms with Crippen LogP contribution in [0.5, 0.6) is 0 Å². The van der Waals surface area contributed by atoms with E-state index in [-0.39, 0.29) is 43.8 Å². The van der Waals surface area contributed by atoms with Crippen LogP contribution in [0.25, 0.3) is 88.0 Å². The van der Waals surface area contributed by atoms with Crippen LogP contribution < -0.4 is 0 Å². The Labute approximate surface area is 278 Å². The second-order valence-corrected chi connectivity index (χ2v) is 10.7. The van der Waals surface area contributed by atoms with Crippen molar-refractivity contribution in [1.82, 2.24) is 0 Å². The molecule has 0 aliphatic carbocycles. The van der Waals surface area contributed by atoms with Crippen molar-refractivity contribution in [2.24, 2.45) is 0 Å². The number of hydrogen-bond acceptors (Lipinski definition) is 1. The van der Waals surface area contributed by atoms with Crippen LogP contribution in [-0.2, 0) is 0 Å². The third-order valence-corrected chi connectivity index (χ3v) is 8.19. The average Bonchev–Trinajstić information content (AvgIpc) is 3.62. The van der Waals surface area contributed by atoms with E-state index in [4.69, 9.17) is 12.6 Å². The van der Waals surface area contributed by atoms with Crippen molar-refractivity contribution >= 4 is 43.5 Å². The van der Waals surface area contributed by atoms with Crippen LogP contribution in [0.15, 0.2) is 174 Å². The maximum atomic E-state index is 9.45. The molecule has 0 N–H and O–H groups in total. The molecule has 0 fully saturated rings. The van der Waals surface area contributed by atoms with Gasteiger partial charge in [-0.05, 0) is 72.6 Å². The molecule has 210 valence electrons. The van der Waals surface area contributed by atoms with Crippen LogP contribution in [0.4, 0.5) is 0 Å². The summed E-state index contributed by atoms with van der Waals surface area (Å²) in [6, 6.07) is 22.2. The number of para-hydroxylation sites is 1. The summed E-state index contributed by atoms with van der Waals surface area (Å²) in [5, 5.41) is 0.542. The van der Waals surface area contributed by atoms with E-state index in [1.165, 1.54) is 0 Å². The van der Waals surface area contributed by atoms with E-state index in [0.717, 1.165) is 11.1 Å². The molecular formula is C44H28O. The van der Waals surface area contributed by atoms with Gasteiger partial charge in [0.2, 0.25) is 0 Å². The Morgan fingerprint density at radius 1 is 0.378 bits per heavy atom. The first-order chi connectivity index (χ1) is 27.3. The Morgan fingerprint density at radius 3 is 1.53 bits per heavy atom. The predicted molar refractivity (Wildman–Crippen MR) is 190 cm³/mol. The molecule has 0 bridgehead atoms. The highest BCUT2D eigenvalue weighted by Crippen LogP contribution is 2.48. The van der Waals surface area contributed by atoms with Gasteiger partial charge in [-0.15, -0.1) is 0 Å². The van der Waals surface area contributed by atoms with Crippen molar-refractivity contribution in [2.45, 2.75) is 0 Å². The third-order valence-electron chi connectivity index (χ3n) is 8.19. The Balaban J connectivity index is 1.57. The maximum absolute atomic E-state index is 9.45. The molecule has 9 rings (SSSR count). The van der Waals surface area contributed by atoms with Gasteiger partial charge in [-0.25, -0.2) is 0 Å². The summed E-state index contributed by atoms with van der Waals surface area (Å²) in [6.07, 6.45) is 0. The maximum Gasteiger partial charge on any atom is 0.143 e. The lowest BCUT2D eigenvalue weighted by atomic mass is 9.84. The number of hydrogen-bond donors (Lipinski definition) is 0. The highest BCUT2D eigenvalue weighted by atomic mass is 16.3. The van der Waals surface area contributed by atoms with Crippen LogP contribution >= 0.6 is 0 Å². The molecule has 0 amide bonds. The van der Waals surface area contributed by atoms with Gasteiger partial charge in [-0.1, -0.05) is 157 Å². The Morgan fingerprint density at radius 2 is 0.889 bits per heavy atom. The molecule has 0 aliphatic rings. The molecule has 1 aromatic heterocycles. The zero-order valence-electron chi connectivity index (χ0n) is 35.6. The standard InChI is InChI=1S/C44H28O/c1-3-13-29(14-4-1)30-23-25-32(26-24-30)41-34-17-7-9-19-36(34)42(37-20-10-8-18-35(37)41)39-28-27-33(31-15-5-2-6-16-31)44-43(39)38-21-11-12-22-40(38)45-44/h1-28H/i7D,8D,9D,10D,17D,18D,19D,20D,23D,24D,25D,26D. The quantitative estimate of drug-likeness (QED) is 0.188. The van der Waals surface area contributed by atoms with Gasteiger partial charge >= 0.3 is 0 Å². The molecule has 1 heteroatoms. The van der Waals surface area contributed by atoms with Crippen LogP contribution in [0.2, 0.25) is 0 Å². The molecule has 0 spiro atoms. The monoisotopic (exact) mass is 584 g/mol. The predicted octanol–water partition coefficient (Wildman–Crippen LogP) is 12.6. The van der Waals surface area contributed by atoms with Crippen molar-refractivity contribution in [3.8, 4) is 44.5 Å². The molecule has 0 atom stereocenters. The minimum absolute atomic E-state index is 0.0103. The number of rotatable bonds is 4. The Kier molecular flexibility index (Phi) is 3.74. The van der Waals surface area contributed by atoms with Gasteiger partial charge in [0.1, 0.15) is 11.2 Å². The van der Waals surface area contributed by atoms with E-state index >= 15 is 0 Å². The molecule has 45 heavy (non-hydrogen) atoms. The Hall–Kier alpha value is -5.92. The van der Waals surface area contributed by atoms with E-state index in [1.807, 2.05) is 54.6 Å². The third kappa shape index (κ3) is 4.09. The summed E-state index contributed by atoms with van der Waals surface area (Å²) in [5.74, 6) is 0. The molecule has 0 saturated heterocycles. The second kappa shape index (κ2) is 10.4. The fourth-order valence-electron chi connectivity index (χ4n) is 6.21. The van der Waals surface area contributed by atoms with E-state index in [2.05, 4.69) is 0 Å². The van der Waals surface area contributed by atoms with Gasteiger partial charge in [0.25, 0.3) is 0 Å². The zero-order valence-corrected chi connectivity index (χ0v) is 23.6. The molecule has 9 aromatic rings. The van der Waals surface area contributed by atoms with Gasteiger partial charge in [0, 0.05) is 16.3 Å². The van der Waals surface area contributed by atoms with Gasteiger partial charge in [0.05, 0.1) is 16.4 Å². The first-order valence-corrected chi connectivity index (χ1v) is 14.5. The fraction of sp³-hybridized carbons (Fsp3) is 0. The van der Waals surface area contributed by atoms with Crippen LogP contribution in [0.1, 0.15) is 16.4 Å². The summed E-state index contributed by atoms with van der Waals surface area (Å²) >= 11 is 0. The van der Waals surface area contributed by atoms with Crippen molar-refractivity contribution in [2.75, 3.05) is 0 Å². The van der Waals surface area contributed by atoms with Gasteiger partial charge in [-0.3, -0.25) is 0 Å². The summed E-state index contributed by atoms with van der Waals surface area (Å²) in [4.78, 5) is 0. The first kappa shape index (κ1) is 16.2. The first-order valence-electron chi connectivity index (χ1n) is 20.5. The lowest BCUT2D eigenvalue weighted by molar-refractivity contribution is 0.670. The average molecular weight is 585 g/mol. The van der Waals surface area contributed by atoms with Crippen molar-refractivity contribution in [3.63, 3.8) is 0 Å². The molecular weight excluding hydrogens is 544 g/mol. The van der Waals surface area contributed by atoms with Gasteiger partial charge < -0.3 is 4.42 Å². The normalized spacial score (nSPS) is 15.3. The SMILES string of the molecule is [2H]c1c([2H])c(-c2c3c([2H])c([2H])c([2H])c([2H])c3c(-c3ccc(-c4ccccc4)c4oc5ccccc5c34)c3c([2H])c([2H])c([2H])c([2H])c23)c([2H])c([2H])c1-c1ccccc1. The second-order valence-electron chi connectivity index (χ2n) is 10.7. The zero-order chi connectivity index (χ0) is 40.2. The number of furan rings is 1. The summed E-state index contributed by atoms with van der Waals surface area (Å²) in [7, 11) is 0. The highest BCUT2D eigenvalue weighted by Gasteiger charge is 2.22. The lowest BCUT2D eigenvalue weighted by Gasteiger charge is -2.19. The number of benzene rings is 8. The van der Waals surface area contributed by atoms with E-state index in [0.29, 0.717) is 33.1 Å². The van der Waals surface area contributed by atoms with E-state index in [1.54, 1.807) is 42.5 Å². The van der Waals surface area contributed by atoms with Gasteiger partial charge in [0.15, 0.2) is 0 Å². The van der Waals surface area contributed by atoms with Gasteiger partial charge in [-0.2, -0.15) is 0 Å². The molecule has 0 unspecified atom stereocenters. The summed E-state index contributed by atoms with van der Waals surface area (Å²) in [5.41, 5.74) is 2.79. The molecule has 0 saturated carbocycles. The molecule has 8 aromatic carbocycles. The molecule has 1 nitrogen and oxygen atoms in total. The minimum atomic E-state index is -0.644. The fourth-order valence-corrected chi connectivity index (χ4v) is 6.21. The van der Waals surface area contributed by atoms with Crippen LogP contribution in [0, 0.1) is 0 Å². The Bertz CT molecular complexity index is 3080. The van der Waals surface area contributed by atoms with Crippen molar-refractivity contribution in [1.29, 1.82) is 0 Å². The summed E-state index contributed by atoms with van der Waals surface area (Å²) < 4.78 is 117. The topological polar surface area (TPSA) is 13.1 Å². The van der Waals surface area contributed by atoms with E-state index < -0.39 is 72.5 Å². The van der Waals surface area contributed by atoms with Crippen molar-refractivity contribution < 1.29 is 20.9 Å². The molecule has 0 radical (unpaired) electrons. The smallest absolute Gasteiger partial charge is 0.143 e. The lowest BCUT2D eigenvalue weighted by Crippen LogP contribution is -1.92. The summed E-state index contributed by atoms with van der Waals surface area (Å²) in [6.45, 7) is 0. The van der Waals surface area contributed by atoms with Crippen LogP contribution in [-0.4, -0.2) is 0 Å². The highest BCUT2D eigenvalue weighted by molar-refractivity contribution is 6.26. The minimum Gasteiger partial charge on any atom is -0.455 e. The van der Waals surface area contributed by atoms with E-state index in [9.17, 15) is 8.22 Å².